The maximum atomic E-state index is 13.3. The zero-order chi connectivity index (χ0) is 21.1. The Balaban J connectivity index is 1.90. The van der Waals surface area contributed by atoms with Gasteiger partial charge in [-0.15, -0.1) is 0 Å². The maximum Gasteiger partial charge on any atom is 0.429 e. The number of esters is 1. The largest absolute Gasteiger partial charge is 0.743 e. The quantitative estimate of drug-likeness (QED) is 0.254. The van der Waals surface area contributed by atoms with Crippen molar-refractivity contribution in [1.82, 2.24) is 0 Å². The van der Waals surface area contributed by atoms with E-state index in [9.17, 15) is 26.5 Å². The molecule has 29 heavy (non-hydrogen) atoms. The molecule has 0 N–H and O–H groups in total. The molecular weight excluding hydrogens is 422 g/mol. The van der Waals surface area contributed by atoms with E-state index in [1.807, 2.05) is 60.7 Å². The van der Waals surface area contributed by atoms with Crippen LogP contribution >= 0.6 is 0 Å². The summed E-state index contributed by atoms with van der Waals surface area (Å²) in [5.41, 5.74) is 0. The fourth-order valence-corrected chi connectivity index (χ4v) is 4.76. The first kappa shape index (κ1) is 21.0. The summed E-state index contributed by atoms with van der Waals surface area (Å²) in [6.45, 7) is 0. The second kappa shape index (κ2) is 8.32. The number of carbonyl (C=O) groups excluding carboxylic acids is 1. The average Bonchev–Trinajstić information content (AvgIpc) is 2.70. The molecule has 0 saturated heterocycles. The molecule has 9 heteroatoms. The van der Waals surface area contributed by atoms with Gasteiger partial charge in [-0.1, -0.05) is 36.4 Å². The average molecular weight is 436 g/mol. The molecule has 0 aromatic heterocycles. The molecule has 0 spiro atoms. The minimum absolute atomic E-state index is 0.299. The Morgan fingerprint density at radius 2 is 1.21 bits per heavy atom. The predicted octanol–water partition coefficient (Wildman–Crippen LogP) is 3.83. The lowest BCUT2D eigenvalue weighted by Gasteiger charge is -2.17. The van der Waals surface area contributed by atoms with Crippen LogP contribution in [0.4, 0.5) is 8.78 Å². The second-order valence-corrected chi connectivity index (χ2v) is 9.21. The van der Waals surface area contributed by atoms with Gasteiger partial charge < -0.3 is 9.29 Å². The van der Waals surface area contributed by atoms with Gasteiger partial charge >= 0.3 is 11.2 Å². The Hall–Kier alpha value is -2.75. The van der Waals surface area contributed by atoms with Gasteiger partial charge in [0.1, 0.15) is 5.75 Å². The Morgan fingerprint density at radius 1 is 0.793 bits per heavy atom. The number of ether oxygens (including phenoxy) is 1. The van der Waals surface area contributed by atoms with Crippen LogP contribution in [0.5, 0.6) is 5.75 Å². The highest BCUT2D eigenvalue weighted by Crippen LogP contribution is 2.32. The van der Waals surface area contributed by atoms with Gasteiger partial charge in [-0.05, 0) is 48.5 Å². The van der Waals surface area contributed by atoms with E-state index in [0.717, 1.165) is 14.7 Å². The van der Waals surface area contributed by atoms with E-state index in [0.29, 0.717) is 0 Å². The van der Waals surface area contributed by atoms with E-state index in [-0.39, 0.29) is 5.75 Å². The summed E-state index contributed by atoms with van der Waals surface area (Å²) in [5.74, 6) is -2.74. The molecular formula is C20H14F2O5S2. The smallest absolute Gasteiger partial charge is 0.429 e. The second-order valence-electron chi connectivity index (χ2n) is 5.76. The van der Waals surface area contributed by atoms with Crippen molar-refractivity contribution >= 4 is 27.0 Å². The zero-order valence-electron chi connectivity index (χ0n) is 14.7. The van der Waals surface area contributed by atoms with Gasteiger partial charge in [0.2, 0.25) is 0 Å². The van der Waals surface area contributed by atoms with Crippen LogP contribution in [0, 0.1) is 0 Å². The first-order valence-corrected chi connectivity index (χ1v) is 10.8. The third-order valence-electron chi connectivity index (χ3n) is 3.78. The van der Waals surface area contributed by atoms with Crippen LogP contribution in [0.1, 0.15) is 0 Å². The van der Waals surface area contributed by atoms with Gasteiger partial charge in [-0.3, -0.25) is 0 Å². The Kier molecular flexibility index (Phi) is 6.02. The first-order valence-electron chi connectivity index (χ1n) is 8.20. The lowest BCUT2D eigenvalue weighted by atomic mass is 10.3. The molecule has 150 valence electrons. The number of carbonyl (C=O) groups is 1. The van der Waals surface area contributed by atoms with Gasteiger partial charge in [-0.25, -0.2) is 13.2 Å². The van der Waals surface area contributed by atoms with Gasteiger partial charge in [0.05, 0.1) is 10.9 Å². The number of alkyl halides is 2. The third kappa shape index (κ3) is 4.64. The van der Waals surface area contributed by atoms with Gasteiger partial charge in [0.25, 0.3) is 0 Å². The van der Waals surface area contributed by atoms with Crippen molar-refractivity contribution in [2.24, 2.45) is 0 Å². The predicted molar refractivity (Wildman–Crippen MR) is 102 cm³/mol. The van der Waals surface area contributed by atoms with Crippen LogP contribution in [-0.2, 0) is 25.8 Å². The Labute approximate surface area is 169 Å². The fourth-order valence-electron chi connectivity index (χ4n) is 2.43. The van der Waals surface area contributed by atoms with Crippen LogP contribution in [0.15, 0.2) is 99.6 Å². The first-order chi connectivity index (χ1) is 13.7. The molecule has 0 aliphatic carbocycles. The zero-order valence-corrected chi connectivity index (χ0v) is 16.3. The molecule has 0 atom stereocenters. The van der Waals surface area contributed by atoms with Crippen LogP contribution in [0.3, 0.4) is 0 Å². The number of rotatable bonds is 6. The number of benzene rings is 3. The van der Waals surface area contributed by atoms with Crippen LogP contribution in [0.2, 0.25) is 0 Å². The SMILES string of the molecule is O=C(Oc1ccc([S+](c2ccccc2)c2ccccc2)cc1)C(F)(F)S(=O)(=O)[O-]. The van der Waals surface area contributed by atoms with E-state index in [1.54, 1.807) is 12.1 Å². The molecule has 0 aliphatic rings. The Morgan fingerprint density at radius 3 is 1.62 bits per heavy atom. The maximum absolute atomic E-state index is 13.3. The Bertz CT molecular complexity index is 1050. The molecule has 0 saturated carbocycles. The molecule has 3 aromatic rings. The summed E-state index contributed by atoms with van der Waals surface area (Å²) in [4.78, 5) is 14.3. The minimum Gasteiger partial charge on any atom is -0.743 e. The summed E-state index contributed by atoms with van der Waals surface area (Å²) >= 11 is 0. The number of hydrogen-bond acceptors (Lipinski definition) is 5. The van der Waals surface area contributed by atoms with Crippen molar-refractivity contribution in [3.63, 3.8) is 0 Å². The highest BCUT2D eigenvalue weighted by atomic mass is 32.2. The summed E-state index contributed by atoms with van der Waals surface area (Å²) in [5, 5.41) is -5.16. The van der Waals surface area contributed by atoms with Crippen molar-refractivity contribution < 1.29 is 31.3 Å². The summed E-state index contributed by atoms with van der Waals surface area (Å²) < 4.78 is 62.6. The van der Waals surface area contributed by atoms with E-state index >= 15 is 0 Å². The molecule has 3 rings (SSSR count). The van der Waals surface area contributed by atoms with Crippen LogP contribution in [0.25, 0.3) is 0 Å². The topological polar surface area (TPSA) is 83.5 Å². The van der Waals surface area contributed by atoms with Crippen molar-refractivity contribution in [1.29, 1.82) is 0 Å². The minimum atomic E-state index is -6.17. The summed E-state index contributed by atoms with van der Waals surface area (Å²) in [6.07, 6.45) is 0. The normalized spacial score (nSPS) is 12.0. The van der Waals surface area contributed by atoms with Crippen molar-refractivity contribution in [2.75, 3.05) is 0 Å². The monoisotopic (exact) mass is 436 g/mol. The van der Waals surface area contributed by atoms with Gasteiger partial charge in [0.15, 0.2) is 24.8 Å². The van der Waals surface area contributed by atoms with Crippen molar-refractivity contribution in [2.45, 2.75) is 19.9 Å². The number of halogens is 2. The summed E-state index contributed by atoms with van der Waals surface area (Å²) in [7, 11) is -6.67. The van der Waals surface area contributed by atoms with Crippen molar-refractivity contribution in [3.8, 4) is 5.75 Å². The van der Waals surface area contributed by atoms with E-state index < -0.39 is 32.2 Å². The van der Waals surface area contributed by atoms with Gasteiger partial charge in [0, 0.05) is 0 Å². The van der Waals surface area contributed by atoms with Crippen LogP contribution in [-0.4, -0.2) is 24.2 Å². The van der Waals surface area contributed by atoms with Gasteiger partial charge in [-0.2, -0.15) is 8.78 Å². The summed E-state index contributed by atoms with van der Waals surface area (Å²) in [6, 6.07) is 25.0. The fraction of sp³-hybridized carbons (Fsp3) is 0.0500. The van der Waals surface area contributed by atoms with E-state index in [1.165, 1.54) is 12.1 Å². The molecule has 3 aromatic carbocycles. The molecule has 5 nitrogen and oxygen atoms in total. The molecule has 0 fully saturated rings. The third-order valence-corrected chi connectivity index (χ3v) is 6.80. The van der Waals surface area contributed by atoms with Crippen LogP contribution < -0.4 is 4.74 Å². The lowest BCUT2D eigenvalue weighted by molar-refractivity contribution is -0.151. The molecule has 0 amide bonds. The number of hydrogen-bond donors (Lipinski definition) is 0. The highest BCUT2D eigenvalue weighted by Gasteiger charge is 2.48. The molecule has 0 radical (unpaired) electrons. The standard InChI is InChI=1S/C20H14F2O5S2/c21-20(22,29(24,25)26)19(23)27-15-11-13-18(14-12-15)28(16-7-3-1-4-8-16)17-9-5-2-6-10-17/h1-14H. The van der Waals surface area contributed by atoms with Crippen molar-refractivity contribution in [3.05, 3.63) is 84.9 Å². The molecule has 0 bridgehead atoms. The molecule has 0 heterocycles. The lowest BCUT2D eigenvalue weighted by Crippen LogP contribution is -2.40. The molecule has 0 unspecified atom stereocenters. The molecule has 0 aliphatic heterocycles. The van der Waals surface area contributed by atoms with E-state index in [2.05, 4.69) is 4.74 Å². The highest BCUT2D eigenvalue weighted by molar-refractivity contribution is 7.97. The van der Waals surface area contributed by atoms with E-state index in [4.69, 9.17) is 0 Å².